The largest absolute Gasteiger partial charge is 0.455 e. The zero-order chi connectivity index (χ0) is 16.9. The Morgan fingerprint density at radius 3 is 2.57 bits per heavy atom. The van der Waals surface area contributed by atoms with Crippen molar-refractivity contribution in [2.24, 2.45) is 0 Å². The summed E-state index contributed by atoms with van der Waals surface area (Å²) in [6.45, 7) is -0.644. The summed E-state index contributed by atoms with van der Waals surface area (Å²) in [4.78, 5) is 23.2. The highest BCUT2D eigenvalue weighted by Crippen LogP contribution is 2.34. The monoisotopic (exact) mass is 343 g/mol. The fraction of sp³-hybridized carbons (Fsp3) is 0.200. The third kappa shape index (κ3) is 5.10. The van der Waals surface area contributed by atoms with E-state index in [1.165, 1.54) is 23.5 Å². The normalized spacial score (nSPS) is 11.1. The number of para-hydroxylation sites is 1. The predicted molar refractivity (Wildman–Crippen MR) is 79.1 cm³/mol. The van der Waals surface area contributed by atoms with E-state index in [-0.39, 0.29) is 12.1 Å². The number of nitrogens with one attached hydrogen (secondary N) is 1. The number of hydrogen-bond acceptors (Lipinski definition) is 4. The van der Waals surface area contributed by atoms with Crippen molar-refractivity contribution in [2.75, 3.05) is 11.9 Å². The maximum Gasteiger partial charge on any atom is 0.418 e. The van der Waals surface area contributed by atoms with Crippen molar-refractivity contribution in [3.8, 4) is 0 Å². The van der Waals surface area contributed by atoms with E-state index in [1.807, 2.05) is 0 Å². The lowest BCUT2D eigenvalue weighted by atomic mass is 10.1. The SMILES string of the molecule is O=C(COC(=O)Cc1ccsc1)Nc1ccccc1C(F)(F)F. The number of ether oxygens (including phenoxy) is 1. The number of carbonyl (C=O) groups excluding carboxylic acids is 2. The van der Waals surface area contributed by atoms with Crippen molar-refractivity contribution in [1.82, 2.24) is 0 Å². The van der Waals surface area contributed by atoms with Crippen molar-refractivity contribution >= 4 is 28.9 Å². The van der Waals surface area contributed by atoms with Crippen LogP contribution in [-0.4, -0.2) is 18.5 Å². The number of benzene rings is 1. The molecular weight excluding hydrogens is 331 g/mol. The number of alkyl halides is 3. The molecule has 1 heterocycles. The first-order valence-corrected chi connectivity index (χ1v) is 7.43. The molecule has 1 aromatic heterocycles. The summed E-state index contributed by atoms with van der Waals surface area (Å²) < 4.78 is 43.1. The van der Waals surface area contributed by atoms with Gasteiger partial charge in [-0.15, -0.1) is 0 Å². The van der Waals surface area contributed by atoms with Crippen LogP contribution in [0.2, 0.25) is 0 Å². The molecule has 0 saturated carbocycles. The molecule has 4 nitrogen and oxygen atoms in total. The summed E-state index contributed by atoms with van der Waals surface area (Å²) in [5.41, 5.74) is -0.584. The van der Waals surface area contributed by atoms with Gasteiger partial charge in [-0.05, 0) is 34.5 Å². The number of carbonyl (C=O) groups is 2. The van der Waals surface area contributed by atoms with Gasteiger partial charge in [-0.1, -0.05) is 12.1 Å². The van der Waals surface area contributed by atoms with Gasteiger partial charge in [0.2, 0.25) is 0 Å². The highest BCUT2D eigenvalue weighted by molar-refractivity contribution is 7.07. The molecular formula is C15H12F3NO3S. The van der Waals surface area contributed by atoms with Crippen LogP contribution in [0.15, 0.2) is 41.1 Å². The number of amides is 1. The minimum atomic E-state index is -4.58. The Morgan fingerprint density at radius 2 is 1.91 bits per heavy atom. The van der Waals surface area contributed by atoms with Crippen LogP contribution in [0.5, 0.6) is 0 Å². The maximum absolute atomic E-state index is 12.8. The van der Waals surface area contributed by atoms with Gasteiger partial charge in [-0.3, -0.25) is 9.59 Å². The van der Waals surface area contributed by atoms with Gasteiger partial charge < -0.3 is 10.1 Å². The fourth-order valence-electron chi connectivity index (χ4n) is 1.78. The van der Waals surface area contributed by atoms with Crippen LogP contribution in [0.3, 0.4) is 0 Å². The van der Waals surface area contributed by atoms with E-state index < -0.39 is 30.2 Å². The second-order valence-electron chi connectivity index (χ2n) is 4.56. The zero-order valence-electron chi connectivity index (χ0n) is 11.7. The van der Waals surface area contributed by atoms with Crippen molar-refractivity contribution in [2.45, 2.75) is 12.6 Å². The molecule has 0 atom stereocenters. The molecule has 122 valence electrons. The first-order valence-electron chi connectivity index (χ1n) is 6.49. The van der Waals surface area contributed by atoms with E-state index >= 15 is 0 Å². The van der Waals surface area contributed by atoms with E-state index in [2.05, 4.69) is 5.32 Å². The molecule has 1 amide bonds. The van der Waals surface area contributed by atoms with E-state index in [1.54, 1.807) is 16.8 Å². The first kappa shape index (κ1) is 17.0. The lowest BCUT2D eigenvalue weighted by Gasteiger charge is -2.13. The third-order valence-corrected chi connectivity index (χ3v) is 3.53. The quantitative estimate of drug-likeness (QED) is 0.846. The number of anilines is 1. The maximum atomic E-state index is 12.8. The molecule has 1 N–H and O–H groups in total. The molecule has 0 bridgehead atoms. The Labute approximate surface area is 133 Å². The number of esters is 1. The van der Waals surface area contributed by atoms with Gasteiger partial charge in [0.05, 0.1) is 17.7 Å². The van der Waals surface area contributed by atoms with Gasteiger partial charge in [0.1, 0.15) is 0 Å². The first-order chi connectivity index (χ1) is 10.9. The van der Waals surface area contributed by atoms with E-state index in [0.29, 0.717) is 0 Å². The smallest absolute Gasteiger partial charge is 0.418 e. The van der Waals surface area contributed by atoms with Gasteiger partial charge in [0, 0.05) is 0 Å². The third-order valence-electron chi connectivity index (χ3n) is 2.80. The van der Waals surface area contributed by atoms with Crippen molar-refractivity contribution in [3.63, 3.8) is 0 Å². The van der Waals surface area contributed by atoms with Gasteiger partial charge >= 0.3 is 12.1 Å². The zero-order valence-corrected chi connectivity index (χ0v) is 12.5. The summed E-state index contributed by atoms with van der Waals surface area (Å²) >= 11 is 1.42. The molecule has 0 aliphatic carbocycles. The molecule has 2 rings (SSSR count). The Morgan fingerprint density at radius 1 is 1.17 bits per heavy atom. The number of hydrogen-bond donors (Lipinski definition) is 1. The molecule has 0 unspecified atom stereocenters. The summed E-state index contributed by atoms with van der Waals surface area (Å²) in [5.74, 6) is -1.46. The second-order valence-corrected chi connectivity index (χ2v) is 5.34. The van der Waals surface area contributed by atoms with Crippen LogP contribution in [-0.2, 0) is 26.9 Å². The van der Waals surface area contributed by atoms with Crippen LogP contribution in [0.1, 0.15) is 11.1 Å². The Balaban J connectivity index is 1.89. The summed E-state index contributed by atoms with van der Waals surface area (Å²) in [6, 6.07) is 6.32. The van der Waals surface area contributed by atoms with Crippen LogP contribution < -0.4 is 5.32 Å². The minimum absolute atomic E-state index is 0.00984. The molecule has 8 heteroatoms. The van der Waals surface area contributed by atoms with Gasteiger partial charge in [-0.2, -0.15) is 24.5 Å². The summed E-state index contributed by atoms with van der Waals surface area (Å²) in [7, 11) is 0. The molecule has 23 heavy (non-hydrogen) atoms. The average molecular weight is 343 g/mol. The molecule has 0 fully saturated rings. The molecule has 0 aliphatic heterocycles. The topological polar surface area (TPSA) is 55.4 Å². The number of thiophene rings is 1. The van der Waals surface area contributed by atoms with Crippen molar-refractivity contribution in [1.29, 1.82) is 0 Å². The Kier molecular flexibility index (Phi) is 5.38. The van der Waals surface area contributed by atoms with Crippen LogP contribution in [0.25, 0.3) is 0 Å². The van der Waals surface area contributed by atoms with Gasteiger partial charge in [-0.25, -0.2) is 0 Å². The summed E-state index contributed by atoms with van der Waals surface area (Å²) in [5, 5.41) is 5.66. The highest BCUT2D eigenvalue weighted by Gasteiger charge is 2.33. The van der Waals surface area contributed by atoms with Gasteiger partial charge in [0.25, 0.3) is 5.91 Å². The van der Waals surface area contributed by atoms with Crippen LogP contribution in [0, 0.1) is 0 Å². The molecule has 2 aromatic rings. The molecule has 0 spiro atoms. The Hall–Kier alpha value is -2.35. The van der Waals surface area contributed by atoms with Crippen molar-refractivity contribution < 1.29 is 27.5 Å². The molecule has 1 aromatic carbocycles. The highest BCUT2D eigenvalue weighted by atomic mass is 32.1. The minimum Gasteiger partial charge on any atom is -0.455 e. The predicted octanol–water partition coefficient (Wildman–Crippen LogP) is 3.49. The Bertz CT molecular complexity index is 684. The lowest BCUT2D eigenvalue weighted by Crippen LogP contribution is -2.23. The van der Waals surface area contributed by atoms with E-state index in [9.17, 15) is 22.8 Å². The van der Waals surface area contributed by atoms with Crippen molar-refractivity contribution in [3.05, 3.63) is 52.2 Å². The average Bonchev–Trinajstić information content (AvgIpc) is 2.97. The second kappa shape index (κ2) is 7.28. The van der Waals surface area contributed by atoms with E-state index in [0.717, 1.165) is 17.7 Å². The lowest BCUT2D eigenvalue weighted by molar-refractivity contribution is -0.146. The van der Waals surface area contributed by atoms with E-state index in [4.69, 9.17) is 4.74 Å². The number of halogens is 3. The van der Waals surface area contributed by atoms with Crippen LogP contribution in [0.4, 0.5) is 18.9 Å². The van der Waals surface area contributed by atoms with Gasteiger partial charge in [0.15, 0.2) is 6.61 Å². The molecule has 0 saturated heterocycles. The molecule has 0 aliphatic rings. The fourth-order valence-corrected chi connectivity index (χ4v) is 2.45. The standard InChI is InChI=1S/C15H12F3NO3S/c16-15(17,18)11-3-1-2-4-12(11)19-13(20)8-22-14(21)7-10-5-6-23-9-10/h1-6,9H,7-8H2,(H,19,20). The van der Waals surface area contributed by atoms with Crippen LogP contribution >= 0.6 is 11.3 Å². The summed E-state index contributed by atoms with van der Waals surface area (Å²) in [6.07, 6.45) is -4.57. The molecule has 0 radical (unpaired) electrons. The number of rotatable bonds is 5.